The van der Waals surface area contributed by atoms with Gasteiger partial charge in [-0.05, 0) is 17.7 Å². The number of anilines is 1. The van der Waals surface area contributed by atoms with Crippen molar-refractivity contribution in [1.82, 2.24) is 9.97 Å². The molecule has 0 aliphatic heterocycles. The first kappa shape index (κ1) is 13.8. The molecule has 1 aromatic carbocycles. The molecule has 104 valence electrons. The number of nitrogens with zero attached hydrogens (tertiary/aromatic N) is 3. The average Bonchev–Trinajstić information content (AvgIpc) is 2.48. The summed E-state index contributed by atoms with van der Waals surface area (Å²) in [5.41, 5.74) is 1.16. The highest BCUT2D eigenvalue weighted by Gasteiger charge is 2.08. The van der Waals surface area contributed by atoms with Crippen LogP contribution in [0.15, 0.2) is 36.7 Å². The van der Waals surface area contributed by atoms with Crippen LogP contribution in [0.5, 0.6) is 5.75 Å². The lowest BCUT2D eigenvalue weighted by Crippen LogP contribution is -2.19. The second-order valence-corrected chi connectivity index (χ2v) is 4.28. The van der Waals surface area contributed by atoms with Crippen LogP contribution in [-0.4, -0.2) is 35.2 Å². The van der Waals surface area contributed by atoms with Crippen molar-refractivity contribution in [1.29, 1.82) is 0 Å². The zero-order chi connectivity index (χ0) is 14.5. The second-order valence-electron chi connectivity index (χ2n) is 4.28. The van der Waals surface area contributed by atoms with Crippen LogP contribution in [0, 0.1) is 0 Å². The van der Waals surface area contributed by atoms with E-state index in [2.05, 4.69) is 9.97 Å². The molecule has 0 spiro atoms. The van der Waals surface area contributed by atoms with Gasteiger partial charge in [0.05, 0.1) is 12.7 Å². The molecule has 6 nitrogen and oxygen atoms in total. The topological polar surface area (TPSA) is 75.5 Å². The molecule has 0 aliphatic carbocycles. The van der Waals surface area contributed by atoms with Gasteiger partial charge in [-0.3, -0.25) is 0 Å². The van der Waals surface area contributed by atoms with E-state index in [1.807, 2.05) is 36.2 Å². The summed E-state index contributed by atoms with van der Waals surface area (Å²) in [6.45, 7) is 0.621. The molecular formula is C14H15N3O3. The maximum absolute atomic E-state index is 10.7. The van der Waals surface area contributed by atoms with Crippen molar-refractivity contribution in [2.24, 2.45) is 0 Å². The smallest absolute Gasteiger partial charge is 0.338 e. The number of carboxylic acid groups (broad SMARTS) is 1. The van der Waals surface area contributed by atoms with E-state index in [4.69, 9.17) is 9.84 Å². The van der Waals surface area contributed by atoms with E-state index in [1.165, 1.54) is 12.4 Å². The first-order valence-corrected chi connectivity index (χ1v) is 5.99. The van der Waals surface area contributed by atoms with Crippen molar-refractivity contribution in [3.8, 4) is 5.75 Å². The van der Waals surface area contributed by atoms with E-state index in [1.54, 1.807) is 7.11 Å². The maximum atomic E-state index is 10.7. The van der Waals surface area contributed by atoms with E-state index >= 15 is 0 Å². The standard InChI is InChI=1S/C14H15N3O3/c1-17(9-10-3-5-12(20-2)6-4-10)14-15-7-11(8-16-14)13(18)19/h3-8H,9H2,1-2H3,(H,18,19). The first-order valence-electron chi connectivity index (χ1n) is 5.99. The van der Waals surface area contributed by atoms with Gasteiger partial charge in [-0.1, -0.05) is 12.1 Å². The highest BCUT2D eigenvalue weighted by molar-refractivity contribution is 5.86. The molecule has 2 rings (SSSR count). The molecule has 0 aliphatic rings. The minimum Gasteiger partial charge on any atom is -0.497 e. The van der Waals surface area contributed by atoms with E-state index in [-0.39, 0.29) is 5.56 Å². The molecule has 0 radical (unpaired) electrons. The number of benzene rings is 1. The molecule has 0 saturated carbocycles. The van der Waals surface area contributed by atoms with Crippen molar-refractivity contribution in [3.05, 3.63) is 47.8 Å². The van der Waals surface area contributed by atoms with Gasteiger partial charge in [-0.25, -0.2) is 14.8 Å². The number of aromatic nitrogens is 2. The summed E-state index contributed by atoms with van der Waals surface area (Å²) in [4.78, 5) is 20.6. The first-order chi connectivity index (χ1) is 9.60. The third-order valence-electron chi connectivity index (χ3n) is 2.81. The van der Waals surface area contributed by atoms with Gasteiger partial charge in [0, 0.05) is 26.0 Å². The zero-order valence-electron chi connectivity index (χ0n) is 11.3. The normalized spacial score (nSPS) is 10.1. The van der Waals surface area contributed by atoms with Gasteiger partial charge in [0.2, 0.25) is 5.95 Å². The molecule has 0 saturated heterocycles. The predicted molar refractivity (Wildman–Crippen MR) is 74.1 cm³/mol. The van der Waals surface area contributed by atoms with Crippen LogP contribution in [0.3, 0.4) is 0 Å². The van der Waals surface area contributed by atoms with Crippen molar-refractivity contribution < 1.29 is 14.6 Å². The Labute approximate surface area is 116 Å². The lowest BCUT2D eigenvalue weighted by atomic mass is 10.2. The van der Waals surface area contributed by atoms with Gasteiger partial charge in [0.1, 0.15) is 5.75 Å². The fourth-order valence-electron chi connectivity index (χ4n) is 1.70. The Bertz CT molecular complexity index is 582. The van der Waals surface area contributed by atoms with Crippen molar-refractivity contribution >= 4 is 11.9 Å². The van der Waals surface area contributed by atoms with Gasteiger partial charge >= 0.3 is 5.97 Å². The number of carbonyl (C=O) groups is 1. The third-order valence-corrected chi connectivity index (χ3v) is 2.81. The summed E-state index contributed by atoms with van der Waals surface area (Å²) in [5, 5.41) is 8.79. The Balaban J connectivity index is 2.06. The number of aromatic carboxylic acids is 1. The predicted octanol–water partition coefficient (Wildman–Crippen LogP) is 1.82. The summed E-state index contributed by atoms with van der Waals surface area (Å²) in [5.74, 6) is 0.249. The molecule has 2 aromatic rings. The molecule has 6 heteroatoms. The monoisotopic (exact) mass is 273 g/mol. The summed E-state index contributed by atoms with van der Waals surface area (Å²) in [6, 6.07) is 7.69. The number of methoxy groups -OCH3 is 1. The molecule has 20 heavy (non-hydrogen) atoms. The average molecular weight is 273 g/mol. The largest absolute Gasteiger partial charge is 0.497 e. The molecule has 1 aromatic heterocycles. The maximum Gasteiger partial charge on any atom is 0.338 e. The van der Waals surface area contributed by atoms with Crippen LogP contribution in [0.2, 0.25) is 0 Å². The summed E-state index contributed by atoms with van der Waals surface area (Å²) in [6.07, 6.45) is 2.60. The number of rotatable bonds is 5. The quantitative estimate of drug-likeness (QED) is 0.895. The van der Waals surface area contributed by atoms with Crippen molar-refractivity contribution in [2.75, 3.05) is 19.1 Å². The zero-order valence-corrected chi connectivity index (χ0v) is 11.3. The fraction of sp³-hybridized carbons (Fsp3) is 0.214. The minimum atomic E-state index is -1.03. The molecule has 1 N–H and O–H groups in total. The Morgan fingerprint density at radius 2 is 1.85 bits per heavy atom. The molecule has 0 unspecified atom stereocenters. The van der Waals surface area contributed by atoms with E-state index in [0.717, 1.165) is 11.3 Å². The molecule has 1 heterocycles. The van der Waals surface area contributed by atoms with E-state index < -0.39 is 5.97 Å². The van der Waals surface area contributed by atoms with Gasteiger partial charge in [0.25, 0.3) is 0 Å². The molecule has 0 atom stereocenters. The second kappa shape index (κ2) is 6.01. The van der Waals surface area contributed by atoms with Crippen LogP contribution < -0.4 is 9.64 Å². The minimum absolute atomic E-state index is 0.0756. The van der Waals surface area contributed by atoms with Crippen LogP contribution in [0.25, 0.3) is 0 Å². The Morgan fingerprint density at radius 1 is 1.25 bits per heavy atom. The highest BCUT2D eigenvalue weighted by atomic mass is 16.5. The van der Waals surface area contributed by atoms with Gasteiger partial charge in [0.15, 0.2) is 0 Å². The fourth-order valence-corrected chi connectivity index (χ4v) is 1.70. The van der Waals surface area contributed by atoms with Gasteiger partial charge in [-0.15, -0.1) is 0 Å². The summed E-state index contributed by atoms with van der Waals surface area (Å²) < 4.78 is 5.10. The third kappa shape index (κ3) is 3.23. The Hall–Kier alpha value is -2.63. The summed E-state index contributed by atoms with van der Waals surface area (Å²) >= 11 is 0. The molecule has 0 amide bonds. The van der Waals surface area contributed by atoms with Crippen molar-refractivity contribution in [3.63, 3.8) is 0 Å². The van der Waals surface area contributed by atoms with Crippen LogP contribution in [0.1, 0.15) is 15.9 Å². The lowest BCUT2D eigenvalue weighted by Gasteiger charge is -2.17. The number of ether oxygens (including phenoxy) is 1. The van der Waals surface area contributed by atoms with Gasteiger partial charge < -0.3 is 14.7 Å². The van der Waals surface area contributed by atoms with Crippen LogP contribution in [0.4, 0.5) is 5.95 Å². The number of hydrogen-bond donors (Lipinski definition) is 1. The lowest BCUT2D eigenvalue weighted by molar-refractivity contribution is 0.0696. The molecular weight excluding hydrogens is 258 g/mol. The molecule has 0 fully saturated rings. The van der Waals surface area contributed by atoms with Crippen molar-refractivity contribution in [2.45, 2.75) is 6.54 Å². The van der Waals surface area contributed by atoms with Crippen LogP contribution in [-0.2, 0) is 6.54 Å². The van der Waals surface area contributed by atoms with E-state index in [9.17, 15) is 4.79 Å². The van der Waals surface area contributed by atoms with Crippen LogP contribution >= 0.6 is 0 Å². The number of hydrogen-bond acceptors (Lipinski definition) is 5. The van der Waals surface area contributed by atoms with E-state index in [0.29, 0.717) is 12.5 Å². The van der Waals surface area contributed by atoms with Gasteiger partial charge in [-0.2, -0.15) is 0 Å². The SMILES string of the molecule is COc1ccc(CN(C)c2ncc(C(=O)O)cn2)cc1. The Kier molecular flexibility index (Phi) is 4.14. The Morgan fingerprint density at radius 3 is 2.35 bits per heavy atom. The number of carboxylic acids is 1. The summed E-state index contributed by atoms with van der Waals surface area (Å²) in [7, 11) is 3.47. The highest BCUT2D eigenvalue weighted by Crippen LogP contribution is 2.14. The molecule has 0 bridgehead atoms.